The minimum absolute atomic E-state index is 0.00371. The number of nitrogens with one attached hydrogen (secondary N) is 2. The summed E-state index contributed by atoms with van der Waals surface area (Å²) in [6.07, 6.45) is 3.64. The highest BCUT2D eigenvalue weighted by molar-refractivity contribution is 7.14. The lowest BCUT2D eigenvalue weighted by atomic mass is 9.96. The van der Waals surface area contributed by atoms with Crippen molar-refractivity contribution < 1.29 is 23.9 Å². The Balaban J connectivity index is 1.50. The first kappa shape index (κ1) is 27.1. The zero-order valence-electron chi connectivity index (χ0n) is 20.6. The van der Waals surface area contributed by atoms with Crippen molar-refractivity contribution in [2.75, 3.05) is 18.9 Å². The summed E-state index contributed by atoms with van der Waals surface area (Å²) in [6, 6.07) is 5.52. The van der Waals surface area contributed by atoms with Crippen LogP contribution in [0.4, 0.5) is 5.95 Å². The molecular weight excluding hydrogens is 484 g/mol. The SMILES string of the molecule is CCOC(=O)CC[C@H](CC(=O)c1ccc(CCCCc2cc3c(=O)[nH]c(N)nc3[nH]2)s1)C(=O)OCC. The molecule has 0 aromatic carbocycles. The van der Waals surface area contributed by atoms with Gasteiger partial charge in [-0.15, -0.1) is 11.3 Å². The number of hydrogen-bond acceptors (Lipinski definition) is 9. The number of nitrogens with zero attached hydrogens (tertiary/aromatic N) is 1. The quantitative estimate of drug-likeness (QED) is 0.167. The smallest absolute Gasteiger partial charge is 0.309 e. The fourth-order valence-corrected chi connectivity index (χ4v) is 4.91. The number of H-pyrrole nitrogens is 2. The minimum Gasteiger partial charge on any atom is -0.466 e. The van der Waals surface area contributed by atoms with Crippen LogP contribution in [0.1, 0.15) is 66.2 Å². The molecule has 0 spiro atoms. The molecule has 194 valence electrons. The van der Waals surface area contributed by atoms with E-state index in [1.165, 1.54) is 11.3 Å². The number of rotatable bonds is 14. The van der Waals surface area contributed by atoms with E-state index in [1.54, 1.807) is 26.0 Å². The zero-order chi connectivity index (χ0) is 26.1. The van der Waals surface area contributed by atoms with Crippen molar-refractivity contribution in [2.24, 2.45) is 5.92 Å². The number of fused-ring (bicyclic) bond motifs is 1. The van der Waals surface area contributed by atoms with Crippen LogP contribution >= 0.6 is 11.3 Å². The van der Waals surface area contributed by atoms with Gasteiger partial charge in [0, 0.05) is 23.4 Å². The van der Waals surface area contributed by atoms with E-state index in [0.717, 1.165) is 36.3 Å². The van der Waals surface area contributed by atoms with Gasteiger partial charge in [-0.25, -0.2) is 0 Å². The van der Waals surface area contributed by atoms with Crippen LogP contribution in [0.15, 0.2) is 23.0 Å². The maximum atomic E-state index is 12.8. The lowest BCUT2D eigenvalue weighted by Crippen LogP contribution is -2.22. The second-order valence-electron chi connectivity index (χ2n) is 8.40. The summed E-state index contributed by atoms with van der Waals surface area (Å²) < 4.78 is 10.0. The molecule has 1 atom stereocenters. The Morgan fingerprint density at radius 1 is 1.08 bits per heavy atom. The summed E-state index contributed by atoms with van der Waals surface area (Å²) in [7, 11) is 0. The number of carbonyl (C=O) groups is 3. The van der Waals surface area contributed by atoms with Crippen LogP contribution in [0.5, 0.6) is 0 Å². The standard InChI is InChI=1S/C25H32N4O6S/c1-3-34-21(31)12-9-15(24(33)35-4-2)13-19(30)20-11-10-17(36-20)8-6-5-7-16-14-18-22(27-16)28-25(26)29-23(18)32/h10-11,14-15H,3-9,12-13H2,1-2H3,(H4,26,27,28,29,32)/t15-/m1/s1. The highest BCUT2D eigenvalue weighted by Crippen LogP contribution is 2.24. The minimum atomic E-state index is -0.680. The zero-order valence-corrected chi connectivity index (χ0v) is 21.4. The molecule has 3 rings (SSSR count). The van der Waals surface area contributed by atoms with Gasteiger partial charge in [0.1, 0.15) is 5.65 Å². The van der Waals surface area contributed by atoms with E-state index < -0.39 is 17.9 Å². The average Bonchev–Trinajstić information content (AvgIpc) is 3.47. The third kappa shape index (κ3) is 7.51. The Morgan fingerprint density at radius 2 is 1.83 bits per heavy atom. The number of nitrogen functional groups attached to an aromatic ring is 1. The summed E-state index contributed by atoms with van der Waals surface area (Å²) in [4.78, 5) is 60.2. The normalized spacial score (nSPS) is 11.9. The van der Waals surface area contributed by atoms with E-state index >= 15 is 0 Å². The number of esters is 2. The van der Waals surface area contributed by atoms with Crippen LogP contribution in [0, 0.1) is 5.92 Å². The van der Waals surface area contributed by atoms with Gasteiger partial charge in [0.25, 0.3) is 5.56 Å². The Kier molecular flexibility index (Phi) is 9.80. The van der Waals surface area contributed by atoms with Gasteiger partial charge >= 0.3 is 11.9 Å². The lowest BCUT2D eigenvalue weighted by Gasteiger charge is -2.14. The van der Waals surface area contributed by atoms with Crippen molar-refractivity contribution in [3.05, 3.63) is 44.0 Å². The number of ether oxygens (including phenoxy) is 2. The number of unbranched alkanes of at least 4 members (excludes halogenated alkanes) is 1. The number of Topliss-reactive ketones (excluding diaryl/α,β-unsaturated/α-hetero) is 1. The van der Waals surface area contributed by atoms with E-state index in [9.17, 15) is 19.2 Å². The van der Waals surface area contributed by atoms with E-state index in [-0.39, 0.29) is 49.8 Å². The number of aryl methyl sites for hydroxylation is 2. The molecule has 10 nitrogen and oxygen atoms in total. The summed E-state index contributed by atoms with van der Waals surface area (Å²) in [6.45, 7) is 3.91. The largest absolute Gasteiger partial charge is 0.466 e. The molecule has 0 saturated heterocycles. The van der Waals surface area contributed by atoms with Crippen molar-refractivity contribution in [3.63, 3.8) is 0 Å². The molecule has 0 aliphatic rings. The Hall–Kier alpha value is -3.47. The molecular formula is C25H32N4O6S. The molecule has 0 unspecified atom stereocenters. The summed E-state index contributed by atoms with van der Waals surface area (Å²) >= 11 is 1.42. The van der Waals surface area contributed by atoms with Crippen LogP contribution in [0.3, 0.4) is 0 Å². The van der Waals surface area contributed by atoms with Crippen molar-refractivity contribution in [1.29, 1.82) is 0 Å². The number of hydrogen-bond donors (Lipinski definition) is 3. The number of aromatic nitrogens is 3. The van der Waals surface area contributed by atoms with Crippen molar-refractivity contribution >= 4 is 46.0 Å². The van der Waals surface area contributed by atoms with Crippen LogP contribution in [-0.2, 0) is 31.9 Å². The molecule has 11 heteroatoms. The fraction of sp³-hybridized carbons (Fsp3) is 0.480. The van der Waals surface area contributed by atoms with Crippen LogP contribution in [-0.4, -0.2) is 45.9 Å². The van der Waals surface area contributed by atoms with Gasteiger partial charge in [-0.1, -0.05) is 0 Å². The molecule has 3 heterocycles. The van der Waals surface area contributed by atoms with Crippen LogP contribution in [0.2, 0.25) is 0 Å². The van der Waals surface area contributed by atoms with Gasteiger partial charge in [-0.2, -0.15) is 4.98 Å². The number of carbonyl (C=O) groups excluding carboxylic acids is 3. The number of thiophene rings is 1. The fourth-order valence-electron chi connectivity index (χ4n) is 3.92. The molecule has 36 heavy (non-hydrogen) atoms. The molecule has 0 aliphatic carbocycles. The van der Waals surface area contributed by atoms with Crippen molar-refractivity contribution in [2.45, 2.75) is 58.8 Å². The van der Waals surface area contributed by atoms with E-state index in [2.05, 4.69) is 15.0 Å². The number of anilines is 1. The van der Waals surface area contributed by atoms with E-state index in [4.69, 9.17) is 15.2 Å². The molecule has 0 fully saturated rings. The third-order valence-corrected chi connectivity index (χ3v) is 6.87. The first-order valence-electron chi connectivity index (χ1n) is 12.1. The molecule has 3 aromatic heterocycles. The Bertz CT molecular complexity index is 1260. The Morgan fingerprint density at radius 3 is 2.58 bits per heavy atom. The van der Waals surface area contributed by atoms with E-state index in [1.807, 2.05) is 6.07 Å². The van der Waals surface area contributed by atoms with Gasteiger partial charge < -0.3 is 20.2 Å². The van der Waals surface area contributed by atoms with Crippen LogP contribution < -0.4 is 11.3 Å². The highest BCUT2D eigenvalue weighted by atomic mass is 32.1. The number of aromatic amines is 2. The third-order valence-electron chi connectivity index (χ3n) is 5.68. The monoisotopic (exact) mass is 516 g/mol. The number of ketones is 1. The lowest BCUT2D eigenvalue weighted by molar-refractivity contribution is -0.149. The van der Waals surface area contributed by atoms with Crippen LogP contribution in [0.25, 0.3) is 11.0 Å². The first-order valence-corrected chi connectivity index (χ1v) is 12.9. The Labute approximate surface area is 212 Å². The highest BCUT2D eigenvalue weighted by Gasteiger charge is 2.25. The average molecular weight is 517 g/mol. The summed E-state index contributed by atoms with van der Waals surface area (Å²) in [5, 5.41) is 0.490. The van der Waals surface area contributed by atoms with Gasteiger partial charge in [0.05, 0.1) is 29.4 Å². The van der Waals surface area contributed by atoms with Gasteiger partial charge in [0.15, 0.2) is 5.78 Å². The predicted octanol–water partition coefficient (Wildman–Crippen LogP) is 3.56. The van der Waals surface area contributed by atoms with Crippen molar-refractivity contribution in [3.8, 4) is 0 Å². The molecule has 0 amide bonds. The van der Waals surface area contributed by atoms with Gasteiger partial charge in [-0.3, -0.25) is 24.2 Å². The predicted molar refractivity (Wildman–Crippen MR) is 137 cm³/mol. The number of nitrogens with two attached hydrogens (primary N) is 1. The van der Waals surface area contributed by atoms with Gasteiger partial charge in [-0.05, 0) is 64.2 Å². The molecule has 4 N–H and O–H groups in total. The summed E-state index contributed by atoms with van der Waals surface area (Å²) in [5.74, 6) is -1.60. The molecule has 0 bridgehead atoms. The second-order valence-corrected chi connectivity index (χ2v) is 9.57. The maximum Gasteiger partial charge on any atom is 0.309 e. The molecule has 0 radical (unpaired) electrons. The van der Waals surface area contributed by atoms with Gasteiger partial charge in [0.2, 0.25) is 5.95 Å². The van der Waals surface area contributed by atoms with Crippen molar-refractivity contribution in [1.82, 2.24) is 15.0 Å². The maximum absolute atomic E-state index is 12.8. The molecule has 3 aromatic rings. The second kappa shape index (κ2) is 13.0. The molecule has 0 saturated carbocycles. The topological polar surface area (TPSA) is 157 Å². The summed E-state index contributed by atoms with van der Waals surface area (Å²) in [5.41, 5.74) is 6.73. The van der Waals surface area contributed by atoms with E-state index in [0.29, 0.717) is 15.9 Å². The first-order chi connectivity index (χ1) is 17.3. The molecule has 0 aliphatic heterocycles.